The molecule has 0 heterocycles. The molecule has 0 saturated carbocycles. The molecule has 0 unspecified atom stereocenters. The lowest BCUT2D eigenvalue weighted by atomic mass is 10.1. The fraction of sp³-hybridized carbons (Fsp3) is 0.562. The van der Waals surface area contributed by atoms with Gasteiger partial charge in [0, 0.05) is 18.2 Å². The molecule has 22 heavy (non-hydrogen) atoms. The first-order valence-corrected chi connectivity index (χ1v) is 7.52. The Morgan fingerprint density at radius 1 is 1.27 bits per heavy atom. The Hall–Kier alpha value is -1.46. The number of rotatable bonds is 9. The van der Waals surface area contributed by atoms with E-state index < -0.39 is 0 Å². The summed E-state index contributed by atoms with van der Waals surface area (Å²) in [7, 11) is 0. The molecule has 5 nitrogen and oxygen atoms in total. The van der Waals surface area contributed by atoms with E-state index >= 15 is 0 Å². The summed E-state index contributed by atoms with van der Waals surface area (Å²) < 4.78 is 11.3. The number of hydrogen-bond acceptors (Lipinski definition) is 4. The second-order valence-corrected chi connectivity index (χ2v) is 4.91. The second kappa shape index (κ2) is 11.2. The highest BCUT2D eigenvalue weighted by atomic mass is 35.5. The third kappa shape index (κ3) is 6.54. The van der Waals surface area contributed by atoms with E-state index in [1.165, 1.54) is 0 Å². The molecule has 0 aliphatic rings. The van der Waals surface area contributed by atoms with E-state index in [2.05, 4.69) is 12.2 Å². The summed E-state index contributed by atoms with van der Waals surface area (Å²) in [6, 6.07) is 5.17. The molecule has 1 rings (SSSR count). The number of carbonyl (C=O) groups excluding carboxylic acids is 1. The molecule has 6 heteroatoms. The quantitative estimate of drug-likeness (QED) is 0.683. The van der Waals surface area contributed by atoms with Crippen LogP contribution in [0.25, 0.3) is 0 Å². The Bertz CT molecular complexity index is 455. The Kier molecular flexibility index (Phi) is 10.4. The number of benzene rings is 1. The molecular weight excluding hydrogens is 304 g/mol. The molecule has 0 saturated heterocycles. The molecule has 0 aliphatic heterocycles. The van der Waals surface area contributed by atoms with Crippen molar-refractivity contribution in [1.82, 2.24) is 5.32 Å². The van der Waals surface area contributed by atoms with Crippen LogP contribution in [0.15, 0.2) is 18.2 Å². The van der Waals surface area contributed by atoms with Crippen LogP contribution in [0.1, 0.15) is 44.0 Å². The highest BCUT2D eigenvalue weighted by Gasteiger charge is 2.13. The summed E-state index contributed by atoms with van der Waals surface area (Å²) in [4.78, 5) is 12.1. The molecule has 0 radical (unpaired) electrons. The van der Waals surface area contributed by atoms with Gasteiger partial charge in [0.25, 0.3) is 5.91 Å². The summed E-state index contributed by atoms with van der Waals surface area (Å²) in [5, 5.41) is 2.83. The van der Waals surface area contributed by atoms with Gasteiger partial charge < -0.3 is 20.5 Å². The van der Waals surface area contributed by atoms with Gasteiger partial charge in [-0.1, -0.05) is 13.3 Å². The van der Waals surface area contributed by atoms with Gasteiger partial charge in [0.1, 0.15) is 0 Å². The number of halogens is 1. The second-order valence-electron chi connectivity index (χ2n) is 4.91. The SMILES string of the molecule is CCCCOc1ccc(C(=O)N[C@@H](C)CN)cc1OCC.Cl. The number of hydrogen-bond donors (Lipinski definition) is 2. The van der Waals surface area contributed by atoms with Gasteiger partial charge in [0.2, 0.25) is 0 Å². The van der Waals surface area contributed by atoms with Crippen LogP contribution in [0.4, 0.5) is 0 Å². The van der Waals surface area contributed by atoms with Crippen LogP contribution in [0.3, 0.4) is 0 Å². The van der Waals surface area contributed by atoms with Crippen LogP contribution >= 0.6 is 12.4 Å². The van der Waals surface area contributed by atoms with Crippen molar-refractivity contribution in [3.8, 4) is 11.5 Å². The number of carbonyl (C=O) groups is 1. The van der Waals surface area contributed by atoms with E-state index in [9.17, 15) is 4.79 Å². The predicted octanol–water partition coefficient (Wildman–Crippen LogP) is 2.76. The Balaban J connectivity index is 0.00000441. The van der Waals surface area contributed by atoms with E-state index in [1.807, 2.05) is 13.8 Å². The van der Waals surface area contributed by atoms with Gasteiger partial charge in [-0.25, -0.2) is 0 Å². The molecule has 0 bridgehead atoms. The number of amides is 1. The fourth-order valence-corrected chi connectivity index (χ4v) is 1.73. The predicted molar refractivity (Wildman–Crippen MR) is 91.2 cm³/mol. The molecule has 1 atom stereocenters. The van der Waals surface area contributed by atoms with Crippen LogP contribution in [0.5, 0.6) is 11.5 Å². The first-order chi connectivity index (χ1) is 10.1. The average Bonchev–Trinajstić information content (AvgIpc) is 2.48. The van der Waals surface area contributed by atoms with Crippen molar-refractivity contribution in [1.29, 1.82) is 0 Å². The topological polar surface area (TPSA) is 73.6 Å². The van der Waals surface area contributed by atoms with E-state index in [-0.39, 0.29) is 24.4 Å². The Labute approximate surface area is 139 Å². The zero-order chi connectivity index (χ0) is 15.7. The van der Waals surface area contributed by atoms with Gasteiger partial charge in [-0.3, -0.25) is 4.79 Å². The molecule has 0 fully saturated rings. The molecule has 1 aromatic carbocycles. The summed E-state index contributed by atoms with van der Waals surface area (Å²) in [6.07, 6.45) is 2.06. The van der Waals surface area contributed by atoms with E-state index in [0.29, 0.717) is 36.8 Å². The average molecular weight is 331 g/mol. The maximum absolute atomic E-state index is 12.1. The van der Waals surface area contributed by atoms with Crippen LogP contribution in [0, 0.1) is 0 Å². The molecule has 0 aliphatic carbocycles. The smallest absolute Gasteiger partial charge is 0.251 e. The maximum atomic E-state index is 12.1. The van der Waals surface area contributed by atoms with Crippen molar-refractivity contribution < 1.29 is 14.3 Å². The fourth-order valence-electron chi connectivity index (χ4n) is 1.73. The van der Waals surface area contributed by atoms with Gasteiger partial charge in [-0.15, -0.1) is 12.4 Å². The third-order valence-electron chi connectivity index (χ3n) is 2.99. The van der Waals surface area contributed by atoms with Crippen molar-refractivity contribution in [2.45, 2.75) is 39.7 Å². The molecule has 1 amide bonds. The molecule has 126 valence electrons. The lowest BCUT2D eigenvalue weighted by Gasteiger charge is -2.15. The highest BCUT2D eigenvalue weighted by molar-refractivity contribution is 5.95. The first-order valence-electron chi connectivity index (χ1n) is 7.52. The molecule has 0 aromatic heterocycles. The van der Waals surface area contributed by atoms with Gasteiger partial charge in [-0.05, 0) is 38.5 Å². The largest absolute Gasteiger partial charge is 0.490 e. The number of nitrogens with two attached hydrogens (primary N) is 1. The normalized spacial score (nSPS) is 11.3. The van der Waals surface area contributed by atoms with Crippen LogP contribution in [-0.4, -0.2) is 31.7 Å². The van der Waals surface area contributed by atoms with Crippen molar-refractivity contribution in [2.75, 3.05) is 19.8 Å². The van der Waals surface area contributed by atoms with Crippen LogP contribution < -0.4 is 20.5 Å². The minimum Gasteiger partial charge on any atom is -0.490 e. The standard InChI is InChI=1S/C16H26N2O3.ClH/c1-4-6-9-21-14-8-7-13(10-15(14)20-5-2)16(19)18-12(3)11-17;/h7-8,10,12H,4-6,9,11,17H2,1-3H3,(H,18,19);1H/t12-;/m0./s1. The minimum absolute atomic E-state index is 0. The lowest BCUT2D eigenvalue weighted by molar-refractivity contribution is 0.0940. The number of nitrogens with one attached hydrogen (secondary N) is 1. The molecule has 3 N–H and O–H groups in total. The van der Waals surface area contributed by atoms with Crippen molar-refractivity contribution >= 4 is 18.3 Å². The number of unbranched alkanes of at least 4 members (excludes halogenated alkanes) is 1. The van der Waals surface area contributed by atoms with Gasteiger partial charge in [-0.2, -0.15) is 0 Å². The third-order valence-corrected chi connectivity index (χ3v) is 2.99. The highest BCUT2D eigenvalue weighted by Crippen LogP contribution is 2.28. The summed E-state index contributed by atoms with van der Waals surface area (Å²) in [5.41, 5.74) is 6.05. The zero-order valence-electron chi connectivity index (χ0n) is 13.6. The molecule has 0 spiro atoms. The lowest BCUT2D eigenvalue weighted by Crippen LogP contribution is -2.37. The molecular formula is C16H27ClN2O3. The van der Waals surface area contributed by atoms with Gasteiger partial charge in [0.15, 0.2) is 11.5 Å². The first kappa shape index (κ1) is 20.5. The van der Waals surface area contributed by atoms with Gasteiger partial charge >= 0.3 is 0 Å². The van der Waals surface area contributed by atoms with Gasteiger partial charge in [0.05, 0.1) is 13.2 Å². The van der Waals surface area contributed by atoms with Crippen molar-refractivity contribution in [3.63, 3.8) is 0 Å². The number of ether oxygens (including phenoxy) is 2. The zero-order valence-corrected chi connectivity index (χ0v) is 14.4. The summed E-state index contributed by atoms with van der Waals surface area (Å²) in [5.74, 6) is 1.12. The minimum atomic E-state index is -0.158. The van der Waals surface area contributed by atoms with E-state index in [4.69, 9.17) is 15.2 Å². The Morgan fingerprint density at radius 2 is 2.00 bits per heavy atom. The Morgan fingerprint density at radius 3 is 2.59 bits per heavy atom. The van der Waals surface area contributed by atoms with Crippen molar-refractivity contribution in [2.24, 2.45) is 5.73 Å². The van der Waals surface area contributed by atoms with Crippen molar-refractivity contribution in [3.05, 3.63) is 23.8 Å². The van der Waals surface area contributed by atoms with Crippen LogP contribution in [-0.2, 0) is 0 Å². The van der Waals surface area contributed by atoms with E-state index in [1.54, 1.807) is 18.2 Å². The summed E-state index contributed by atoms with van der Waals surface area (Å²) in [6.45, 7) is 7.45. The van der Waals surface area contributed by atoms with E-state index in [0.717, 1.165) is 12.8 Å². The summed E-state index contributed by atoms with van der Waals surface area (Å²) >= 11 is 0. The van der Waals surface area contributed by atoms with Crippen LogP contribution in [0.2, 0.25) is 0 Å². The monoisotopic (exact) mass is 330 g/mol. The molecule has 1 aromatic rings. The maximum Gasteiger partial charge on any atom is 0.251 e.